The second-order valence-electron chi connectivity index (χ2n) is 18.3. The number of carbonyl (C=O) groups excluding carboxylic acids is 2. The van der Waals surface area contributed by atoms with Gasteiger partial charge >= 0.3 is 11.9 Å². The van der Waals surface area contributed by atoms with Gasteiger partial charge in [-0.25, -0.2) is 0 Å². The molecule has 2 aliphatic heterocycles. The number of aliphatic hydroxyl groups excluding tert-OH is 7. The zero-order valence-corrected chi connectivity index (χ0v) is 42.5. The second-order valence-corrected chi connectivity index (χ2v) is 18.3. The van der Waals surface area contributed by atoms with E-state index in [0.29, 0.717) is 12.8 Å². The monoisotopic (exact) mass is 993 g/mol. The van der Waals surface area contributed by atoms with Crippen LogP contribution >= 0.6 is 0 Å². The van der Waals surface area contributed by atoms with E-state index in [1.165, 1.54) is 44.9 Å². The molecule has 0 amide bonds. The summed E-state index contributed by atoms with van der Waals surface area (Å²) in [4.78, 5) is 25.8. The summed E-state index contributed by atoms with van der Waals surface area (Å²) >= 11 is 0. The van der Waals surface area contributed by atoms with Crippen LogP contribution in [-0.4, -0.2) is 142 Å². The lowest BCUT2D eigenvalue weighted by Crippen LogP contribution is -2.61. The Bertz CT molecular complexity index is 1490. The highest BCUT2D eigenvalue weighted by Crippen LogP contribution is 2.26. The largest absolute Gasteiger partial charge is 0.462 e. The van der Waals surface area contributed by atoms with E-state index < -0.39 is 99.3 Å². The van der Waals surface area contributed by atoms with E-state index in [-0.39, 0.29) is 19.4 Å². The average Bonchev–Trinajstić information content (AvgIpc) is 3.35. The van der Waals surface area contributed by atoms with Crippen molar-refractivity contribution in [1.82, 2.24) is 0 Å². The summed E-state index contributed by atoms with van der Waals surface area (Å²) in [7, 11) is 0. The van der Waals surface area contributed by atoms with Gasteiger partial charge in [-0.05, 0) is 83.5 Å². The molecule has 0 aromatic heterocycles. The quantitative estimate of drug-likeness (QED) is 0.0176. The van der Waals surface area contributed by atoms with Crippen molar-refractivity contribution in [1.29, 1.82) is 0 Å². The fourth-order valence-electron chi connectivity index (χ4n) is 7.82. The number of hydrogen-bond acceptors (Lipinski definition) is 15. The number of aliphatic hydroxyl groups is 7. The molecule has 2 fully saturated rings. The van der Waals surface area contributed by atoms with Crippen LogP contribution in [0.2, 0.25) is 0 Å². The van der Waals surface area contributed by atoms with E-state index in [0.717, 1.165) is 83.5 Å². The molecule has 0 saturated carbocycles. The fourth-order valence-corrected chi connectivity index (χ4v) is 7.82. The SMILES string of the molecule is CC/C=C/C/C=C/C/C=C/C/C=C/C/C=C/CCCCCC(=O)O[C@H](COC(=O)CCCCCCCCC/C=C/CCCCCC)CO[C@H]1O[C@@H](CO[C@H]2O[C@@H](CO)[C@@H](O)C(O)C2O)[C@@H](O)C(O)C1O. The third kappa shape index (κ3) is 28.8. The Balaban J connectivity index is 1.82. The highest BCUT2D eigenvalue weighted by molar-refractivity contribution is 5.70. The zero-order chi connectivity index (χ0) is 51.0. The van der Waals surface area contributed by atoms with E-state index in [1.54, 1.807) is 0 Å². The predicted octanol–water partition coefficient (Wildman–Crippen LogP) is 7.82. The molecule has 0 aromatic carbocycles. The lowest BCUT2D eigenvalue weighted by Gasteiger charge is -2.42. The Labute approximate surface area is 419 Å². The summed E-state index contributed by atoms with van der Waals surface area (Å²) < 4.78 is 33.6. The normalized spacial score (nSPS) is 26.0. The Kier molecular flexibility index (Phi) is 37.3. The third-order valence-electron chi connectivity index (χ3n) is 12.2. The van der Waals surface area contributed by atoms with Gasteiger partial charge in [0.1, 0.15) is 55.4 Å². The standard InChI is InChI=1S/C55H92O15/c1-3-5-7-9-11-13-15-17-19-20-21-22-24-26-28-30-32-34-36-38-47(58)68-43(40-65-46(57)37-35-33-31-29-27-25-23-18-16-14-12-10-8-6-4-2)41-66-54-53(64)51(62)49(60)45(70-54)42-67-55-52(63)50(61)48(59)44(39-56)69-55/h5,7,11,13-14,16-17,19,21-22,26,28,43-45,48-56,59-64H,3-4,6,8-10,12,15,18,20,23-25,27,29-42H2,1-2H3/b7-5+,13-11+,16-14+,19-17+,22-21+,28-26+/t43-,44+,45+,48-,49-,50?,51?,52?,53?,54+,55+/m1/s1. The molecule has 2 saturated heterocycles. The fraction of sp³-hybridized carbons (Fsp3) is 0.745. The second kappa shape index (κ2) is 41.4. The first-order valence-corrected chi connectivity index (χ1v) is 26.5. The van der Waals surface area contributed by atoms with Crippen LogP contribution in [0, 0.1) is 0 Å². The van der Waals surface area contributed by atoms with E-state index >= 15 is 0 Å². The van der Waals surface area contributed by atoms with Crippen molar-refractivity contribution in [2.24, 2.45) is 0 Å². The molecule has 15 heteroatoms. The van der Waals surface area contributed by atoms with Gasteiger partial charge in [0, 0.05) is 12.8 Å². The summed E-state index contributed by atoms with van der Waals surface area (Å²) in [5.41, 5.74) is 0. The van der Waals surface area contributed by atoms with Crippen LogP contribution < -0.4 is 0 Å². The van der Waals surface area contributed by atoms with Gasteiger partial charge < -0.3 is 64.2 Å². The maximum atomic E-state index is 13.0. The van der Waals surface area contributed by atoms with Crippen molar-refractivity contribution in [3.63, 3.8) is 0 Å². The minimum atomic E-state index is -1.78. The molecule has 0 aromatic rings. The number of ether oxygens (including phenoxy) is 6. The van der Waals surface area contributed by atoms with Crippen molar-refractivity contribution in [2.45, 2.75) is 235 Å². The van der Waals surface area contributed by atoms with Gasteiger partial charge in [-0.1, -0.05) is 145 Å². The van der Waals surface area contributed by atoms with Crippen molar-refractivity contribution in [3.8, 4) is 0 Å². The molecule has 2 heterocycles. The van der Waals surface area contributed by atoms with Crippen LogP contribution in [0.1, 0.15) is 168 Å². The van der Waals surface area contributed by atoms with Crippen LogP contribution in [0.15, 0.2) is 72.9 Å². The molecule has 4 unspecified atom stereocenters. The molecule has 11 atom stereocenters. The van der Waals surface area contributed by atoms with E-state index in [2.05, 4.69) is 86.8 Å². The van der Waals surface area contributed by atoms with Gasteiger partial charge in [0.2, 0.25) is 0 Å². The molecular weight excluding hydrogens is 901 g/mol. The maximum Gasteiger partial charge on any atom is 0.306 e. The summed E-state index contributed by atoms with van der Waals surface area (Å²) in [6.45, 7) is 2.41. The van der Waals surface area contributed by atoms with Crippen LogP contribution in [0.4, 0.5) is 0 Å². The minimum absolute atomic E-state index is 0.122. The number of rotatable bonds is 40. The summed E-state index contributed by atoms with van der Waals surface area (Å²) in [5.74, 6) is -0.972. The molecule has 70 heavy (non-hydrogen) atoms. The molecule has 2 aliphatic rings. The highest BCUT2D eigenvalue weighted by atomic mass is 16.7. The number of carbonyl (C=O) groups is 2. The van der Waals surface area contributed by atoms with E-state index in [4.69, 9.17) is 28.4 Å². The van der Waals surface area contributed by atoms with E-state index in [9.17, 15) is 45.3 Å². The first-order valence-electron chi connectivity index (χ1n) is 26.5. The Morgan fingerprint density at radius 3 is 1.44 bits per heavy atom. The van der Waals surface area contributed by atoms with Crippen molar-refractivity contribution >= 4 is 11.9 Å². The van der Waals surface area contributed by atoms with Crippen molar-refractivity contribution < 1.29 is 73.8 Å². The first-order chi connectivity index (χ1) is 34.0. The molecular formula is C55H92O15. The summed E-state index contributed by atoms with van der Waals surface area (Å²) in [6.07, 6.45) is 32.1. The molecule has 0 aliphatic carbocycles. The zero-order valence-electron chi connectivity index (χ0n) is 42.5. The Morgan fingerprint density at radius 1 is 0.471 bits per heavy atom. The lowest BCUT2D eigenvalue weighted by atomic mass is 9.98. The third-order valence-corrected chi connectivity index (χ3v) is 12.2. The van der Waals surface area contributed by atoms with Gasteiger partial charge in [0.25, 0.3) is 0 Å². The number of unbranched alkanes of at least 4 members (excludes halogenated alkanes) is 14. The summed E-state index contributed by atoms with van der Waals surface area (Å²) in [6, 6.07) is 0. The minimum Gasteiger partial charge on any atom is -0.462 e. The molecule has 7 N–H and O–H groups in total. The molecule has 0 radical (unpaired) electrons. The maximum absolute atomic E-state index is 13.0. The average molecular weight is 993 g/mol. The van der Waals surface area contributed by atoms with Crippen molar-refractivity contribution in [3.05, 3.63) is 72.9 Å². The van der Waals surface area contributed by atoms with E-state index in [1.807, 2.05) is 0 Å². The van der Waals surface area contributed by atoms with Gasteiger partial charge in [-0.3, -0.25) is 9.59 Å². The molecule has 0 spiro atoms. The van der Waals surface area contributed by atoms with Gasteiger partial charge in [-0.2, -0.15) is 0 Å². The van der Waals surface area contributed by atoms with Gasteiger partial charge in [-0.15, -0.1) is 0 Å². The number of hydrogen-bond donors (Lipinski definition) is 7. The Hall–Kier alpha value is -3.06. The first kappa shape index (κ1) is 63.1. The lowest BCUT2D eigenvalue weighted by molar-refractivity contribution is -0.332. The highest BCUT2D eigenvalue weighted by Gasteiger charge is 2.47. The van der Waals surface area contributed by atoms with Crippen LogP contribution in [0.25, 0.3) is 0 Å². The Morgan fingerprint density at radius 2 is 0.900 bits per heavy atom. The molecule has 15 nitrogen and oxygen atoms in total. The smallest absolute Gasteiger partial charge is 0.306 e. The van der Waals surface area contributed by atoms with Crippen molar-refractivity contribution in [2.75, 3.05) is 26.4 Å². The van der Waals surface area contributed by atoms with Gasteiger partial charge in [0.15, 0.2) is 18.7 Å². The van der Waals surface area contributed by atoms with Crippen LogP contribution in [0.3, 0.4) is 0 Å². The topological polar surface area (TPSA) is 231 Å². The van der Waals surface area contributed by atoms with Gasteiger partial charge in [0.05, 0.1) is 19.8 Å². The molecule has 0 bridgehead atoms. The summed E-state index contributed by atoms with van der Waals surface area (Å²) in [5, 5.41) is 72.1. The number of allylic oxidation sites excluding steroid dienone is 12. The van der Waals surface area contributed by atoms with Crippen LogP contribution in [-0.2, 0) is 38.0 Å². The number of esters is 2. The molecule has 2 rings (SSSR count). The van der Waals surface area contributed by atoms with Crippen LogP contribution in [0.5, 0.6) is 0 Å². The predicted molar refractivity (Wildman–Crippen MR) is 270 cm³/mol. The molecule has 402 valence electrons.